The Morgan fingerprint density at radius 2 is 1.90 bits per heavy atom. The standard InChI is InChI=1S/C27H29N3/c1-4-7-19(5-2)21-9-11-23-18-29-27(16-24(23)14-21)30-26(6-3)22-10-8-20-12-13-28-17-25(20)15-22/h4-6,8-11,14-16,18,28H,1,7,12-13,17H2,2-3H3,(H,29,30)/b19-5+,26-6-. The van der Waals surface area contributed by atoms with Crippen molar-refractivity contribution in [2.75, 3.05) is 11.9 Å². The van der Waals surface area contributed by atoms with E-state index in [1.54, 1.807) is 0 Å². The summed E-state index contributed by atoms with van der Waals surface area (Å²) < 4.78 is 0. The van der Waals surface area contributed by atoms with Gasteiger partial charge < -0.3 is 10.6 Å². The van der Waals surface area contributed by atoms with Crippen molar-refractivity contribution in [2.24, 2.45) is 0 Å². The lowest BCUT2D eigenvalue weighted by Crippen LogP contribution is -2.23. The third-order valence-electron chi connectivity index (χ3n) is 5.76. The smallest absolute Gasteiger partial charge is 0.130 e. The molecule has 0 saturated carbocycles. The van der Waals surface area contributed by atoms with Crippen molar-refractivity contribution >= 4 is 27.9 Å². The third-order valence-corrected chi connectivity index (χ3v) is 5.76. The topological polar surface area (TPSA) is 37.0 Å². The molecular formula is C27H29N3. The molecule has 3 nitrogen and oxygen atoms in total. The van der Waals surface area contributed by atoms with E-state index in [4.69, 9.17) is 0 Å². The highest BCUT2D eigenvalue weighted by atomic mass is 15.0. The molecule has 0 saturated heterocycles. The van der Waals surface area contributed by atoms with E-state index in [0.717, 1.165) is 42.8 Å². The van der Waals surface area contributed by atoms with Crippen LogP contribution in [0.1, 0.15) is 42.5 Å². The predicted octanol–water partition coefficient (Wildman–Crippen LogP) is 6.33. The van der Waals surface area contributed by atoms with Gasteiger partial charge in [-0.1, -0.05) is 42.5 Å². The number of hydrogen-bond donors (Lipinski definition) is 2. The molecule has 4 rings (SSSR count). The Morgan fingerprint density at radius 1 is 1.03 bits per heavy atom. The van der Waals surface area contributed by atoms with Crippen LogP contribution in [0.5, 0.6) is 0 Å². The van der Waals surface area contributed by atoms with E-state index in [0.29, 0.717) is 0 Å². The van der Waals surface area contributed by atoms with E-state index in [2.05, 4.69) is 90.7 Å². The first kappa shape index (κ1) is 20.1. The molecule has 0 amide bonds. The molecule has 2 N–H and O–H groups in total. The lowest BCUT2D eigenvalue weighted by Gasteiger charge is -2.19. The van der Waals surface area contributed by atoms with Gasteiger partial charge in [0.1, 0.15) is 5.82 Å². The van der Waals surface area contributed by atoms with Crippen molar-refractivity contribution in [3.8, 4) is 0 Å². The molecule has 0 unspecified atom stereocenters. The number of hydrogen-bond acceptors (Lipinski definition) is 3. The highest BCUT2D eigenvalue weighted by Crippen LogP contribution is 2.27. The molecule has 2 aromatic carbocycles. The Balaban J connectivity index is 1.63. The summed E-state index contributed by atoms with van der Waals surface area (Å²) in [5, 5.41) is 9.31. The third kappa shape index (κ3) is 4.22. The minimum atomic E-state index is 0.856. The summed E-state index contributed by atoms with van der Waals surface area (Å²) in [5.74, 6) is 0.856. The van der Waals surface area contributed by atoms with E-state index in [1.165, 1.54) is 33.2 Å². The molecule has 152 valence electrons. The lowest BCUT2D eigenvalue weighted by atomic mass is 9.97. The minimum absolute atomic E-state index is 0.856. The normalized spacial score (nSPS) is 14.5. The first-order valence-electron chi connectivity index (χ1n) is 10.6. The molecule has 0 bridgehead atoms. The molecule has 0 spiro atoms. The quantitative estimate of drug-likeness (QED) is 0.479. The molecule has 3 aromatic rings. The number of allylic oxidation sites excluding steroid dienone is 4. The minimum Gasteiger partial charge on any atom is -0.340 e. The molecule has 0 fully saturated rings. The Labute approximate surface area is 179 Å². The summed E-state index contributed by atoms with van der Waals surface area (Å²) in [4.78, 5) is 4.64. The maximum Gasteiger partial charge on any atom is 0.130 e. The summed E-state index contributed by atoms with van der Waals surface area (Å²) in [5.41, 5.74) is 7.62. The van der Waals surface area contributed by atoms with E-state index >= 15 is 0 Å². The van der Waals surface area contributed by atoms with Crippen molar-refractivity contribution in [3.05, 3.63) is 95.7 Å². The maximum atomic E-state index is 4.64. The molecule has 0 atom stereocenters. The second-order valence-corrected chi connectivity index (χ2v) is 7.68. The predicted molar refractivity (Wildman–Crippen MR) is 129 cm³/mol. The fourth-order valence-corrected chi connectivity index (χ4v) is 4.06. The first-order chi connectivity index (χ1) is 14.7. The van der Waals surface area contributed by atoms with Gasteiger partial charge in [-0.3, -0.25) is 0 Å². The van der Waals surface area contributed by atoms with Gasteiger partial charge in [-0.25, -0.2) is 4.98 Å². The summed E-state index contributed by atoms with van der Waals surface area (Å²) >= 11 is 0. The molecule has 0 aliphatic carbocycles. The molecule has 0 radical (unpaired) electrons. The van der Waals surface area contributed by atoms with Gasteiger partial charge in [-0.2, -0.15) is 0 Å². The highest BCUT2D eigenvalue weighted by Gasteiger charge is 2.11. The van der Waals surface area contributed by atoms with Crippen LogP contribution in [0, 0.1) is 0 Å². The zero-order chi connectivity index (χ0) is 20.9. The van der Waals surface area contributed by atoms with Crippen LogP contribution in [0.3, 0.4) is 0 Å². The number of nitrogens with zero attached hydrogens (tertiary/aromatic N) is 1. The van der Waals surface area contributed by atoms with Gasteiger partial charge in [0.25, 0.3) is 0 Å². The Bertz CT molecular complexity index is 1140. The molecule has 1 aliphatic rings. The second kappa shape index (κ2) is 9.10. The Morgan fingerprint density at radius 3 is 2.70 bits per heavy atom. The molecular weight excluding hydrogens is 366 g/mol. The van der Waals surface area contributed by atoms with E-state index in [-0.39, 0.29) is 0 Å². The Hall–Kier alpha value is -3.17. The molecule has 3 heteroatoms. The van der Waals surface area contributed by atoms with Crippen molar-refractivity contribution in [1.82, 2.24) is 10.3 Å². The van der Waals surface area contributed by atoms with Crippen molar-refractivity contribution in [3.63, 3.8) is 0 Å². The summed E-state index contributed by atoms with van der Waals surface area (Å²) in [6.45, 7) is 10.0. The maximum absolute atomic E-state index is 4.64. The monoisotopic (exact) mass is 395 g/mol. The number of benzene rings is 2. The lowest BCUT2D eigenvalue weighted by molar-refractivity contribution is 0.643. The van der Waals surface area contributed by atoms with Crippen LogP contribution < -0.4 is 10.6 Å². The SMILES string of the molecule is C=CC/C(=C\C)c1ccc2cnc(N/C(=C\C)c3ccc4c(c3)CNCC4)cc2c1. The number of rotatable bonds is 6. The average molecular weight is 396 g/mol. The largest absolute Gasteiger partial charge is 0.340 e. The number of pyridine rings is 1. The Kier molecular flexibility index (Phi) is 6.10. The van der Waals surface area contributed by atoms with Gasteiger partial charge in [0.15, 0.2) is 0 Å². The zero-order valence-corrected chi connectivity index (χ0v) is 17.8. The van der Waals surface area contributed by atoms with E-state index in [9.17, 15) is 0 Å². The van der Waals surface area contributed by atoms with Gasteiger partial charge in [0, 0.05) is 23.8 Å². The van der Waals surface area contributed by atoms with Crippen molar-refractivity contribution < 1.29 is 0 Å². The number of fused-ring (bicyclic) bond motifs is 2. The first-order valence-corrected chi connectivity index (χ1v) is 10.6. The molecule has 2 heterocycles. The number of nitrogens with one attached hydrogen (secondary N) is 2. The summed E-state index contributed by atoms with van der Waals surface area (Å²) in [6, 6.07) is 15.4. The van der Waals surface area contributed by atoms with Crippen LogP contribution in [0.15, 0.2) is 73.5 Å². The average Bonchev–Trinajstić information content (AvgIpc) is 2.80. The van der Waals surface area contributed by atoms with Gasteiger partial charge in [-0.15, -0.1) is 6.58 Å². The van der Waals surface area contributed by atoms with Crippen molar-refractivity contribution in [2.45, 2.75) is 33.2 Å². The second-order valence-electron chi connectivity index (χ2n) is 7.68. The summed E-state index contributed by atoms with van der Waals surface area (Å²) in [6.07, 6.45) is 10.1. The van der Waals surface area contributed by atoms with Crippen LogP contribution >= 0.6 is 0 Å². The molecule has 30 heavy (non-hydrogen) atoms. The van der Waals surface area contributed by atoms with Crippen LogP contribution in [0.4, 0.5) is 5.82 Å². The van der Waals surface area contributed by atoms with Gasteiger partial charge in [0.2, 0.25) is 0 Å². The fourth-order valence-electron chi connectivity index (χ4n) is 4.06. The molecule has 1 aliphatic heterocycles. The van der Waals surface area contributed by atoms with Gasteiger partial charge >= 0.3 is 0 Å². The zero-order valence-electron chi connectivity index (χ0n) is 17.8. The van der Waals surface area contributed by atoms with Crippen molar-refractivity contribution in [1.29, 1.82) is 0 Å². The number of aromatic nitrogens is 1. The van der Waals surface area contributed by atoms with E-state index < -0.39 is 0 Å². The summed E-state index contributed by atoms with van der Waals surface area (Å²) in [7, 11) is 0. The van der Waals surface area contributed by atoms with Gasteiger partial charge in [0.05, 0.1) is 0 Å². The van der Waals surface area contributed by atoms with Crippen LogP contribution in [-0.2, 0) is 13.0 Å². The van der Waals surface area contributed by atoms with Crippen LogP contribution in [0.25, 0.3) is 22.0 Å². The van der Waals surface area contributed by atoms with Gasteiger partial charge in [-0.05, 0) is 84.6 Å². The molecule has 1 aromatic heterocycles. The fraction of sp³-hybridized carbons (Fsp3) is 0.222. The van der Waals surface area contributed by atoms with Crippen LogP contribution in [-0.4, -0.2) is 11.5 Å². The van der Waals surface area contributed by atoms with Crippen LogP contribution in [0.2, 0.25) is 0 Å². The number of anilines is 1. The van der Waals surface area contributed by atoms with E-state index in [1.807, 2.05) is 12.3 Å². The highest BCUT2D eigenvalue weighted by molar-refractivity contribution is 5.89.